The van der Waals surface area contributed by atoms with Crippen molar-refractivity contribution in [2.45, 2.75) is 23.3 Å². The van der Waals surface area contributed by atoms with Crippen molar-refractivity contribution in [2.75, 3.05) is 5.32 Å². The van der Waals surface area contributed by atoms with Gasteiger partial charge in [-0.15, -0.1) is 0 Å². The SMILES string of the molecule is NS(=O)(=O)c1ccc2c(c1)C1C=CCC1C(c1ccccc1[N+](=O)[O-])N2. The van der Waals surface area contributed by atoms with Crippen molar-refractivity contribution in [2.24, 2.45) is 11.1 Å². The number of nitrogens with one attached hydrogen (secondary N) is 1. The second-order valence-electron chi connectivity index (χ2n) is 6.59. The number of benzene rings is 2. The van der Waals surface area contributed by atoms with Gasteiger partial charge in [0.05, 0.1) is 21.4 Å². The molecule has 3 atom stereocenters. The number of para-hydroxylation sites is 1. The molecule has 134 valence electrons. The third kappa shape index (κ3) is 2.67. The molecule has 2 aromatic carbocycles. The molecule has 7 nitrogen and oxygen atoms in total. The summed E-state index contributed by atoms with van der Waals surface area (Å²) in [5.74, 6) is 0.0529. The van der Waals surface area contributed by atoms with E-state index in [1.807, 2.05) is 12.2 Å². The lowest BCUT2D eigenvalue weighted by Gasteiger charge is -2.37. The number of nitro benzene ring substituents is 1. The summed E-state index contributed by atoms with van der Waals surface area (Å²) in [5.41, 5.74) is 2.34. The van der Waals surface area contributed by atoms with Crippen molar-refractivity contribution in [3.05, 3.63) is 75.9 Å². The Morgan fingerprint density at radius 2 is 1.92 bits per heavy atom. The van der Waals surface area contributed by atoms with Crippen LogP contribution in [0, 0.1) is 16.0 Å². The number of rotatable bonds is 3. The van der Waals surface area contributed by atoms with E-state index in [0.717, 1.165) is 17.7 Å². The van der Waals surface area contributed by atoms with Crippen molar-refractivity contribution in [1.29, 1.82) is 0 Å². The Balaban J connectivity index is 1.83. The Morgan fingerprint density at radius 3 is 2.65 bits per heavy atom. The van der Waals surface area contributed by atoms with Gasteiger partial charge < -0.3 is 5.32 Å². The molecule has 4 rings (SSSR count). The highest BCUT2D eigenvalue weighted by Gasteiger charge is 2.40. The highest BCUT2D eigenvalue weighted by atomic mass is 32.2. The van der Waals surface area contributed by atoms with Crippen molar-refractivity contribution < 1.29 is 13.3 Å². The van der Waals surface area contributed by atoms with E-state index in [9.17, 15) is 18.5 Å². The average Bonchev–Trinajstić information content (AvgIpc) is 3.09. The quantitative estimate of drug-likeness (QED) is 0.489. The molecule has 0 saturated heterocycles. The third-order valence-electron chi connectivity index (χ3n) is 5.13. The zero-order chi connectivity index (χ0) is 18.5. The number of nitro groups is 1. The molecule has 0 saturated carbocycles. The standard InChI is InChI=1S/C18H17N3O4S/c19-26(24,25)11-8-9-16-15(10-11)12-5-3-6-13(12)18(20-16)14-4-1-2-7-17(14)21(22)23/h1-5,7-10,12-13,18,20H,6H2,(H2,19,24,25). The molecule has 1 aliphatic heterocycles. The van der Waals surface area contributed by atoms with Crippen LogP contribution in [-0.4, -0.2) is 13.3 Å². The fraction of sp³-hybridized carbons (Fsp3) is 0.222. The number of allylic oxidation sites excluding steroid dienone is 2. The topological polar surface area (TPSA) is 115 Å². The number of nitrogens with zero attached hydrogens (tertiary/aromatic N) is 1. The number of primary sulfonamides is 1. The molecule has 1 heterocycles. The first kappa shape index (κ1) is 16.7. The Morgan fingerprint density at radius 1 is 1.15 bits per heavy atom. The second kappa shape index (κ2) is 5.93. The van der Waals surface area contributed by atoms with Crippen LogP contribution >= 0.6 is 0 Å². The maximum Gasteiger partial charge on any atom is 0.274 e. The number of hydrogen-bond acceptors (Lipinski definition) is 5. The van der Waals surface area contributed by atoms with Crippen molar-refractivity contribution in [3.8, 4) is 0 Å². The Bertz CT molecular complexity index is 1030. The second-order valence-corrected chi connectivity index (χ2v) is 8.15. The Hall–Kier alpha value is -2.71. The van der Waals surface area contributed by atoms with Crippen LogP contribution in [0.3, 0.4) is 0 Å². The van der Waals surface area contributed by atoms with Gasteiger partial charge in [-0.1, -0.05) is 30.4 Å². The lowest BCUT2D eigenvalue weighted by atomic mass is 9.76. The Kier molecular flexibility index (Phi) is 3.82. The molecule has 0 bridgehead atoms. The monoisotopic (exact) mass is 371 g/mol. The summed E-state index contributed by atoms with van der Waals surface area (Å²) in [7, 11) is -3.79. The van der Waals surface area contributed by atoms with E-state index in [0.29, 0.717) is 5.56 Å². The first-order chi connectivity index (χ1) is 12.4. The molecule has 0 spiro atoms. The molecular formula is C18H17N3O4S. The van der Waals surface area contributed by atoms with Crippen LogP contribution < -0.4 is 10.5 Å². The van der Waals surface area contributed by atoms with Gasteiger partial charge in [0, 0.05) is 17.7 Å². The molecule has 1 aliphatic carbocycles. The van der Waals surface area contributed by atoms with E-state index in [2.05, 4.69) is 5.32 Å². The van der Waals surface area contributed by atoms with Gasteiger partial charge in [-0.05, 0) is 36.1 Å². The van der Waals surface area contributed by atoms with Gasteiger partial charge >= 0.3 is 0 Å². The number of anilines is 1. The largest absolute Gasteiger partial charge is 0.377 e. The van der Waals surface area contributed by atoms with E-state index in [1.54, 1.807) is 30.3 Å². The van der Waals surface area contributed by atoms with E-state index in [4.69, 9.17) is 5.14 Å². The van der Waals surface area contributed by atoms with Crippen LogP contribution in [0.15, 0.2) is 59.5 Å². The van der Waals surface area contributed by atoms with Gasteiger partial charge in [0.2, 0.25) is 10.0 Å². The predicted octanol–water partition coefficient (Wildman–Crippen LogP) is 3.07. The molecule has 8 heteroatoms. The number of hydrogen-bond donors (Lipinski definition) is 2. The van der Waals surface area contributed by atoms with E-state index in [1.165, 1.54) is 12.1 Å². The maximum absolute atomic E-state index is 11.7. The van der Waals surface area contributed by atoms with E-state index >= 15 is 0 Å². The van der Waals surface area contributed by atoms with Crippen LogP contribution in [0.4, 0.5) is 11.4 Å². The minimum Gasteiger partial charge on any atom is -0.377 e. The fourth-order valence-corrected chi connectivity index (χ4v) is 4.52. The molecule has 0 aromatic heterocycles. The van der Waals surface area contributed by atoms with Crippen LogP contribution in [0.5, 0.6) is 0 Å². The minimum atomic E-state index is -3.79. The zero-order valence-electron chi connectivity index (χ0n) is 13.7. The number of sulfonamides is 1. The van der Waals surface area contributed by atoms with Crippen molar-refractivity contribution in [3.63, 3.8) is 0 Å². The smallest absolute Gasteiger partial charge is 0.274 e. The van der Waals surface area contributed by atoms with Crippen LogP contribution in [-0.2, 0) is 10.0 Å². The number of fused-ring (bicyclic) bond motifs is 3. The highest BCUT2D eigenvalue weighted by molar-refractivity contribution is 7.89. The third-order valence-corrected chi connectivity index (χ3v) is 6.04. The first-order valence-electron chi connectivity index (χ1n) is 8.19. The van der Waals surface area contributed by atoms with Crippen molar-refractivity contribution >= 4 is 21.4 Å². The zero-order valence-corrected chi connectivity index (χ0v) is 14.5. The molecule has 0 radical (unpaired) electrons. The van der Waals surface area contributed by atoms with Crippen molar-refractivity contribution in [1.82, 2.24) is 0 Å². The highest BCUT2D eigenvalue weighted by Crippen LogP contribution is 2.51. The lowest BCUT2D eigenvalue weighted by molar-refractivity contribution is -0.385. The van der Waals surface area contributed by atoms with Gasteiger partial charge in [-0.25, -0.2) is 13.6 Å². The summed E-state index contributed by atoms with van der Waals surface area (Å²) < 4.78 is 23.4. The first-order valence-corrected chi connectivity index (χ1v) is 9.74. The minimum absolute atomic E-state index is 0.0160. The molecule has 2 aliphatic rings. The Labute approximate surface area is 150 Å². The van der Waals surface area contributed by atoms with Gasteiger partial charge in [0.25, 0.3) is 5.69 Å². The molecule has 26 heavy (non-hydrogen) atoms. The summed E-state index contributed by atoms with van der Waals surface area (Å²) >= 11 is 0. The lowest BCUT2D eigenvalue weighted by Crippen LogP contribution is -2.30. The molecule has 3 N–H and O–H groups in total. The van der Waals surface area contributed by atoms with Gasteiger partial charge in [-0.2, -0.15) is 0 Å². The van der Waals surface area contributed by atoms with E-state index < -0.39 is 10.0 Å². The molecule has 0 fully saturated rings. The molecular weight excluding hydrogens is 354 g/mol. The summed E-state index contributed by atoms with van der Waals surface area (Å²) in [6, 6.07) is 11.2. The van der Waals surface area contributed by atoms with Gasteiger partial charge in [0.1, 0.15) is 0 Å². The van der Waals surface area contributed by atoms with E-state index in [-0.39, 0.29) is 33.4 Å². The average molecular weight is 371 g/mol. The normalized spacial score (nSPS) is 23.8. The fourth-order valence-electron chi connectivity index (χ4n) is 3.97. The van der Waals surface area contributed by atoms with Crippen LogP contribution in [0.2, 0.25) is 0 Å². The van der Waals surface area contributed by atoms with Gasteiger partial charge in [-0.3, -0.25) is 10.1 Å². The summed E-state index contributed by atoms with van der Waals surface area (Å²) in [6.07, 6.45) is 4.84. The van der Waals surface area contributed by atoms with Crippen LogP contribution in [0.1, 0.15) is 29.5 Å². The molecule has 3 unspecified atom stereocenters. The van der Waals surface area contributed by atoms with Crippen LogP contribution in [0.25, 0.3) is 0 Å². The van der Waals surface area contributed by atoms with Gasteiger partial charge in [0.15, 0.2) is 0 Å². The molecule has 2 aromatic rings. The number of nitrogens with two attached hydrogens (primary N) is 1. The summed E-state index contributed by atoms with van der Waals surface area (Å²) in [5, 5.41) is 20.1. The maximum atomic E-state index is 11.7. The molecule has 0 amide bonds. The predicted molar refractivity (Wildman–Crippen MR) is 97.3 cm³/mol. The summed E-state index contributed by atoms with van der Waals surface area (Å²) in [6.45, 7) is 0. The summed E-state index contributed by atoms with van der Waals surface area (Å²) in [4.78, 5) is 11.1.